The molecular weight excluding hydrogens is 468 g/mol. The van der Waals surface area contributed by atoms with Crippen LogP contribution in [-0.4, -0.2) is 34.3 Å². The summed E-state index contributed by atoms with van der Waals surface area (Å²) in [6.07, 6.45) is -10.1. The quantitative estimate of drug-likeness (QED) is 0.542. The van der Waals surface area contributed by atoms with Crippen LogP contribution in [0.1, 0.15) is 11.3 Å². The molecule has 0 atom stereocenters. The van der Waals surface area contributed by atoms with E-state index in [9.17, 15) is 31.1 Å². The lowest BCUT2D eigenvalue weighted by Gasteiger charge is -2.15. The highest BCUT2D eigenvalue weighted by Crippen LogP contribution is 2.39. The van der Waals surface area contributed by atoms with Crippen molar-refractivity contribution < 1.29 is 31.1 Å². The number of aromatic amines is 1. The normalized spacial score (nSPS) is 12.0. The number of anilines is 1. The molecule has 1 N–H and O–H groups in total. The van der Waals surface area contributed by atoms with Crippen LogP contribution in [0.4, 0.5) is 32.2 Å². The second kappa shape index (κ2) is 8.30. The Hall–Kier alpha value is -3.35. The second-order valence-electron chi connectivity index (χ2n) is 6.50. The molecule has 3 rings (SSSR count). The van der Waals surface area contributed by atoms with Gasteiger partial charge in [0.05, 0.1) is 10.6 Å². The molecule has 0 aliphatic carbocycles. The van der Waals surface area contributed by atoms with E-state index < -0.39 is 51.5 Å². The molecule has 7 nitrogen and oxygen atoms in total. The highest BCUT2D eigenvalue weighted by Gasteiger charge is 2.40. The third kappa shape index (κ3) is 4.93. The van der Waals surface area contributed by atoms with Gasteiger partial charge >= 0.3 is 12.4 Å². The minimum Gasteiger partial charge on any atom is -0.449 e. The molecule has 0 radical (unpaired) electrons. The van der Waals surface area contributed by atoms with Crippen molar-refractivity contribution in [1.82, 2.24) is 20.2 Å². The van der Waals surface area contributed by atoms with Gasteiger partial charge in [-0.1, -0.05) is 11.6 Å². The number of nitrogens with one attached hydrogen (secondary N) is 1. The number of alkyl halides is 6. The first-order valence-corrected chi connectivity index (χ1v) is 8.92. The Balaban J connectivity index is 2.09. The van der Waals surface area contributed by atoms with Gasteiger partial charge in [-0.05, 0) is 30.3 Å². The molecule has 0 unspecified atom stereocenters. The maximum absolute atomic E-state index is 13.6. The molecular formula is C18H12ClF6N5O2. The number of hydrogen-bond donors (Lipinski definition) is 1. The van der Waals surface area contributed by atoms with Crippen molar-refractivity contribution in [3.05, 3.63) is 57.0 Å². The summed E-state index contributed by atoms with van der Waals surface area (Å²) >= 11 is 5.49. The van der Waals surface area contributed by atoms with Crippen molar-refractivity contribution in [2.45, 2.75) is 12.4 Å². The zero-order valence-corrected chi connectivity index (χ0v) is 16.9. The molecule has 0 amide bonds. The summed E-state index contributed by atoms with van der Waals surface area (Å²) in [7, 11) is 3.33. The first kappa shape index (κ1) is 23.3. The number of halogens is 7. The molecule has 0 spiro atoms. The van der Waals surface area contributed by atoms with Gasteiger partial charge in [0.2, 0.25) is 5.75 Å². The Morgan fingerprint density at radius 2 is 1.69 bits per heavy atom. The maximum atomic E-state index is 13.6. The molecule has 1 aromatic carbocycles. The monoisotopic (exact) mass is 479 g/mol. The van der Waals surface area contributed by atoms with E-state index >= 15 is 0 Å². The average molecular weight is 480 g/mol. The fourth-order valence-corrected chi connectivity index (χ4v) is 2.69. The lowest BCUT2D eigenvalue weighted by Crippen LogP contribution is -2.21. The van der Waals surface area contributed by atoms with Crippen LogP contribution in [-0.2, 0) is 12.4 Å². The predicted molar refractivity (Wildman–Crippen MR) is 102 cm³/mol. The van der Waals surface area contributed by atoms with Gasteiger partial charge in [-0.2, -0.15) is 26.3 Å². The second-order valence-corrected chi connectivity index (χ2v) is 6.91. The lowest BCUT2D eigenvalue weighted by atomic mass is 10.2. The number of aromatic nitrogens is 4. The molecule has 32 heavy (non-hydrogen) atoms. The van der Waals surface area contributed by atoms with Gasteiger partial charge in [0, 0.05) is 14.1 Å². The van der Waals surface area contributed by atoms with E-state index in [1.807, 2.05) is 0 Å². The van der Waals surface area contributed by atoms with Crippen molar-refractivity contribution in [2.24, 2.45) is 0 Å². The van der Waals surface area contributed by atoms with E-state index in [-0.39, 0.29) is 5.69 Å². The molecule has 170 valence electrons. The topological polar surface area (TPSA) is 84.0 Å². The molecule has 0 bridgehead atoms. The minimum absolute atomic E-state index is 0.171. The van der Waals surface area contributed by atoms with Crippen molar-refractivity contribution in [1.29, 1.82) is 0 Å². The van der Waals surface area contributed by atoms with Crippen LogP contribution in [0.15, 0.2) is 35.1 Å². The Labute approximate surface area is 180 Å². The van der Waals surface area contributed by atoms with Gasteiger partial charge in [-0.3, -0.25) is 4.79 Å². The Morgan fingerprint density at radius 3 is 2.22 bits per heavy atom. The van der Waals surface area contributed by atoms with E-state index in [1.54, 1.807) is 19.0 Å². The van der Waals surface area contributed by atoms with Crippen molar-refractivity contribution >= 4 is 17.4 Å². The number of hydrogen-bond acceptors (Lipinski definition) is 6. The largest absolute Gasteiger partial charge is 0.449 e. The standard InChI is InChI=1S/C18H12ClF6N5O2/c1-30(2)12-6-5-11(28-29-12)15-26-14(18(23,24)25)13(16(31)27-15)32-8-3-4-10(19)9(7-8)17(20,21)22/h3-7H,1-2H3,(H,26,27,31). The number of benzene rings is 1. The smallest absolute Gasteiger partial charge is 0.437 e. The van der Waals surface area contributed by atoms with Gasteiger partial charge in [0.25, 0.3) is 5.56 Å². The lowest BCUT2D eigenvalue weighted by molar-refractivity contribution is -0.142. The van der Waals surface area contributed by atoms with E-state index in [1.165, 1.54) is 12.1 Å². The highest BCUT2D eigenvalue weighted by atomic mass is 35.5. The van der Waals surface area contributed by atoms with E-state index in [4.69, 9.17) is 16.3 Å². The van der Waals surface area contributed by atoms with Crippen molar-refractivity contribution in [3.63, 3.8) is 0 Å². The molecule has 0 aliphatic heterocycles. The van der Waals surface area contributed by atoms with E-state index in [0.717, 1.165) is 12.1 Å². The molecule has 0 saturated carbocycles. The third-order valence-electron chi connectivity index (χ3n) is 3.96. The molecule has 14 heteroatoms. The Kier molecular flexibility index (Phi) is 6.05. The van der Waals surface area contributed by atoms with Gasteiger partial charge in [-0.15, -0.1) is 10.2 Å². The third-order valence-corrected chi connectivity index (χ3v) is 4.29. The summed E-state index contributed by atoms with van der Waals surface area (Å²) < 4.78 is 84.7. The van der Waals surface area contributed by atoms with Crippen LogP contribution in [0.2, 0.25) is 5.02 Å². The van der Waals surface area contributed by atoms with Crippen molar-refractivity contribution in [3.8, 4) is 23.0 Å². The first-order valence-electron chi connectivity index (χ1n) is 8.55. The average Bonchev–Trinajstić information content (AvgIpc) is 2.69. The Morgan fingerprint density at radius 1 is 1.00 bits per heavy atom. The van der Waals surface area contributed by atoms with Gasteiger partial charge in [0.15, 0.2) is 17.3 Å². The first-order chi connectivity index (χ1) is 14.8. The summed E-state index contributed by atoms with van der Waals surface area (Å²) in [6.45, 7) is 0. The molecule has 3 aromatic rings. The molecule has 2 heterocycles. The van der Waals surface area contributed by atoms with Crippen molar-refractivity contribution in [2.75, 3.05) is 19.0 Å². The zero-order valence-electron chi connectivity index (χ0n) is 16.1. The summed E-state index contributed by atoms with van der Waals surface area (Å²) in [5.41, 5.74) is -4.65. The maximum Gasteiger partial charge on any atom is 0.437 e. The summed E-state index contributed by atoms with van der Waals surface area (Å²) in [5, 5.41) is 6.82. The fraction of sp³-hybridized carbons (Fsp3) is 0.222. The number of nitrogens with zero attached hydrogens (tertiary/aromatic N) is 4. The SMILES string of the molecule is CN(C)c1ccc(-c2nc(C(F)(F)F)c(Oc3ccc(Cl)c(C(F)(F)F)c3)c(=O)[nH]2)nn1. The van der Waals surface area contributed by atoms with Crippen LogP contribution in [0, 0.1) is 0 Å². The van der Waals surface area contributed by atoms with E-state index in [2.05, 4.69) is 20.2 Å². The molecule has 0 fully saturated rings. The van der Waals surface area contributed by atoms with Crippen LogP contribution >= 0.6 is 11.6 Å². The fourth-order valence-electron chi connectivity index (χ4n) is 2.46. The summed E-state index contributed by atoms with van der Waals surface area (Å²) in [4.78, 5) is 19.4. The summed E-state index contributed by atoms with van der Waals surface area (Å²) in [5.74, 6) is -2.19. The minimum atomic E-state index is -5.17. The number of rotatable bonds is 4. The molecule has 0 aliphatic rings. The van der Waals surface area contributed by atoms with E-state index in [0.29, 0.717) is 11.9 Å². The number of ether oxygens (including phenoxy) is 1. The molecule has 0 saturated heterocycles. The Bertz CT molecular complexity index is 1190. The molecule has 2 aromatic heterocycles. The van der Waals surface area contributed by atoms with Crippen LogP contribution in [0.5, 0.6) is 11.5 Å². The van der Waals surface area contributed by atoms with Gasteiger partial charge in [0.1, 0.15) is 11.4 Å². The van der Waals surface area contributed by atoms with Gasteiger partial charge < -0.3 is 14.6 Å². The zero-order chi connectivity index (χ0) is 23.8. The predicted octanol–water partition coefficient (Wildman–Crippen LogP) is 4.78. The van der Waals surface area contributed by atoms with Crippen LogP contribution in [0.3, 0.4) is 0 Å². The van der Waals surface area contributed by atoms with Crippen LogP contribution < -0.4 is 15.2 Å². The van der Waals surface area contributed by atoms with Crippen LogP contribution in [0.25, 0.3) is 11.5 Å². The number of H-pyrrole nitrogens is 1. The van der Waals surface area contributed by atoms with Gasteiger partial charge in [-0.25, -0.2) is 4.98 Å². The summed E-state index contributed by atoms with van der Waals surface area (Å²) in [6, 6.07) is 4.77. The highest BCUT2D eigenvalue weighted by molar-refractivity contribution is 6.31.